The fourth-order valence-corrected chi connectivity index (χ4v) is 3.67. The maximum atomic E-state index is 11.9. The molecule has 26 heavy (non-hydrogen) atoms. The number of nitrogens with zero attached hydrogens (tertiary/aromatic N) is 4. The number of benzene rings is 2. The van der Waals surface area contributed by atoms with E-state index in [4.69, 9.17) is 4.42 Å². The third kappa shape index (κ3) is 3.25. The monoisotopic (exact) mass is 364 g/mol. The van der Waals surface area contributed by atoms with Crippen LogP contribution in [0.5, 0.6) is 0 Å². The van der Waals surface area contributed by atoms with Gasteiger partial charge >= 0.3 is 5.63 Å². The number of thioether (sulfide) groups is 1. The van der Waals surface area contributed by atoms with Gasteiger partial charge in [-0.05, 0) is 59.2 Å². The molecule has 0 unspecified atom stereocenters. The Morgan fingerprint density at radius 3 is 2.77 bits per heavy atom. The average Bonchev–Trinajstić information content (AvgIpc) is 3.07. The lowest BCUT2D eigenvalue weighted by atomic mass is 10.1. The molecule has 0 saturated carbocycles. The van der Waals surface area contributed by atoms with Gasteiger partial charge in [-0.15, -0.1) is 5.10 Å². The summed E-state index contributed by atoms with van der Waals surface area (Å²) >= 11 is 1.48. The lowest BCUT2D eigenvalue weighted by Gasteiger charge is -2.07. The van der Waals surface area contributed by atoms with Crippen LogP contribution >= 0.6 is 11.8 Å². The molecular weight excluding hydrogens is 348 g/mol. The molecule has 7 heteroatoms. The molecule has 0 fully saturated rings. The maximum Gasteiger partial charge on any atom is 0.336 e. The first-order valence-corrected chi connectivity index (χ1v) is 9.10. The van der Waals surface area contributed by atoms with E-state index in [1.165, 1.54) is 17.8 Å². The number of aromatic nitrogens is 4. The van der Waals surface area contributed by atoms with Crippen molar-refractivity contribution in [3.8, 4) is 5.69 Å². The molecule has 0 N–H and O–H groups in total. The van der Waals surface area contributed by atoms with Gasteiger partial charge in [0.25, 0.3) is 0 Å². The van der Waals surface area contributed by atoms with Gasteiger partial charge in [-0.3, -0.25) is 0 Å². The van der Waals surface area contributed by atoms with Gasteiger partial charge < -0.3 is 4.42 Å². The Hall–Kier alpha value is -2.93. The zero-order chi connectivity index (χ0) is 18.1. The van der Waals surface area contributed by atoms with Crippen LogP contribution in [0.3, 0.4) is 0 Å². The van der Waals surface area contributed by atoms with Crippen molar-refractivity contribution in [2.75, 3.05) is 0 Å². The normalized spacial score (nSPS) is 11.2. The lowest BCUT2D eigenvalue weighted by Crippen LogP contribution is -2.02. The van der Waals surface area contributed by atoms with Gasteiger partial charge in [0, 0.05) is 17.2 Å². The average molecular weight is 364 g/mol. The van der Waals surface area contributed by atoms with Gasteiger partial charge in [0.15, 0.2) is 0 Å². The van der Waals surface area contributed by atoms with E-state index in [2.05, 4.69) is 15.5 Å². The van der Waals surface area contributed by atoms with E-state index in [9.17, 15) is 4.79 Å². The van der Waals surface area contributed by atoms with E-state index in [1.807, 2.05) is 56.3 Å². The summed E-state index contributed by atoms with van der Waals surface area (Å²) in [6.07, 6.45) is 0. The molecular formula is C19H16N4O2S. The van der Waals surface area contributed by atoms with E-state index >= 15 is 0 Å². The molecule has 0 aliphatic rings. The second-order valence-electron chi connectivity index (χ2n) is 6.09. The Morgan fingerprint density at radius 1 is 1.08 bits per heavy atom. The quantitative estimate of drug-likeness (QED) is 0.406. The van der Waals surface area contributed by atoms with Crippen molar-refractivity contribution in [1.82, 2.24) is 20.2 Å². The van der Waals surface area contributed by atoms with E-state index in [-0.39, 0.29) is 5.63 Å². The minimum absolute atomic E-state index is 0.350. The molecule has 0 aliphatic heterocycles. The van der Waals surface area contributed by atoms with Crippen LogP contribution in [-0.4, -0.2) is 20.2 Å². The predicted octanol–water partition coefficient (Wildman–Crippen LogP) is 3.68. The number of rotatable bonds is 4. The van der Waals surface area contributed by atoms with Crippen LogP contribution < -0.4 is 5.63 Å². The number of tetrazole rings is 1. The molecule has 0 saturated heterocycles. The number of hydrogen-bond acceptors (Lipinski definition) is 6. The van der Waals surface area contributed by atoms with Gasteiger partial charge in [0.2, 0.25) is 5.16 Å². The van der Waals surface area contributed by atoms with E-state index < -0.39 is 0 Å². The number of fused-ring (bicyclic) bond motifs is 1. The predicted molar refractivity (Wildman–Crippen MR) is 101 cm³/mol. The molecule has 0 spiro atoms. The van der Waals surface area contributed by atoms with E-state index in [1.54, 1.807) is 4.68 Å². The van der Waals surface area contributed by atoms with Crippen LogP contribution in [-0.2, 0) is 5.75 Å². The zero-order valence-corrected chi connectivity index (χ0v) is 15.2. The van der Waals surface area contributed by atoms with Crippen LogP contribution in [0.15, 0.2) is 62.9 Å². The van der Waals surface area contributed by atoms with Gasteiger partial charge in [0.05, 0.1) is 5.69 Å². The first kappa shape index (κ1) is 16.5. The standard InChI is InChI=1S/C19H16N4O2S/c1-12-4-3-5-15(8-12)23-19(20-21-22-23)26-11-14-10-18(24)25-17-9-13(2)6-7-16(14)17/h3-10H,11H2,1-2H3. The highest BCUT2D eigenvalue weighted by atomic mass is 32.2. The van der Waals surface area contributed by atoms with Crippen LogP contribution in [0.2, 0.25) is 0 Å². The molecule has 2 heterocycles. The second kappa shape index (κ2) is 6.76. The summed E-state index contributed by atoms with van der Waals surface area (Å²) < 4.78 is 7.02. The van der Waals surface area contributed by atoms with Crippen molar-refractivity contribution in [3.63, 3.8) is 0 Å². The molecule has 0 atom stereocenters. The topological polar surface area (TPSA) is 73.8 Å². The number of aryl methyl sites for hydroxylation is 2. The molecule has 2 aromatic carbocycles. The molecule has 6 nitrogen and oxygen atoms in total. The van der Waals surface area contributed by atoms with Crippen molar-refractivity contribution in [1.29, 1.82) is 0 Å². The Labute approximate surface area is 153 Å². The summed E-state index contributed by atoms with van der Waals surface area (Å²) in [5.41, 5.74) is 4.25. The fourth-order valence-electron chi connectivity index (χ4n) is 2.79. The van der Waals surface area contributed by atoms with Crippen LogP contribution in [0.25, 0.3) is 16.7 Å². The van der Waals surface area contributed by atoms with Crippen molar-refractivity contribution in [3.05, 3.63) is 75.6 Å². The summed E-state index contributed by atoms with van der Waals surface area (Å²) in [4.78, 5) is 11.9. The molecule has 0 radical (unpaired) electrons. The van der Waals surface area contributed by atoms with Crippen LogP contribution in [0.1, 0.15) is 16.7 Å². The van der Waals surface area contributed by atoms with Crippen LogP contribution in [0, 0.1) is 13.8 Å². The first-order chi connectivity index (χ1) is 12.6. The van der Waals surface area contributed by atoms with Crippen molar-refractivity contribution in [2.45, 2.75) is 24.8 Å². The largest absolute Gasteiger partial charge is 0.423 e. The Morgan fingerprint density at radius 2 is 1.92 bits per heavy atom. The summed E-state index contributed by atoms with van der Waals surface area (Å²) in [5.74, 6) is 0.567. The molecule has 2 aromatic heterocycles. The highest BCUT2D eigenvalue weighted by Crippen LogP contribution is 2.26. The molecule has 0 aliphatic carbocycles. The van der Waals surface area contributed by atoms with Gasteiger partial charge in [-0.25, -0.2) is 4.79 Å². The molecule has 130 valence electrons. The summed E-state index contributed by atoms with van der Waals surface area (Å²) in [6, 6.07) is 15.4. The summed E-state index contributed by atoms with van der Waals surface area (Å²) in [5, 5.41) is 13.6. The fraction of sp³-hybridized carbons (Fsp3) is 0.158. The van der Waals surface area contributed by atoms with Gasteiger partial charge in [0.1, 0.15) is 5.58 Å². The molecule has 0 bridgehead atoms. The minimum atomic E-state index is -0.350. The van der Waals surface area contributed by atoms with Crippen LogP contribution in [0.4, 0.5) is 0 Å². The third-order valence-electron chi connectivity index (χ3n) is 4.03. The SMILES string of the molecule is Cc1cccc(-n2nnnc2SCc2cc(=O)oc3cc(C)ccc23)c1. The van der Waals surface area contributed by atoms with E-state index in [0.717, 1.165) is 27.8 Å². The highest BCUT2D eigenvalue weighted by Gasteiger charge is 2.12. The first-order valence-electron chi connectivity index (χ1n) is 8.12. The maximum absolute atomic E-state index is 11.9. The van der Waals surface area contributed by atoms with Gasteiger partial charge in [-0.1, -0.05) is 36.0 Å². The van der Waals surface area contributed by atoms with Gasteiger partial charge in [-0.2, -0.15) is 4.68 Å². The van der Waals surface area contributed by atoms with Crippen molar-refractivity contribution < 1.29 is 4.42 Å². The Kier molecular flexibility index (Phi) is 4.30. The smallest absolute Gasteiger partial charge is 0.336 e. The van der Waals surface area contributed by atoms with Crippen molar-refractivity contribution >= 4 is 22.7 Å². The third-order valence-corrected chi connectivity index (χ3v) is 5.00. The lowest BCUT2D eigenvalue weighted by molar-refractivity contribution is 0.559. The Bertz CT molecular complexity index is 1150. The van der Waals surface area contributed by atoms with Crippen molar-refractivity contribution in [2.24, 2.45) is 0 Å². The Balaban J connectivity index is 1.66. The van der Waals surface area contributed by atoms with E-state index in [0.29, 0.717) is 16.5 Å². The summed E-state index contributed by atoms with van der Waals surface area (Å²) in [6.45, 7) is 3.99. The molecule has 4 aromatic rings. The number of hydrogen-bond donors (Lipinski definition) is 0. The summed E-state index contributed by atoms with van der Waals surface area (Å²) in [7, 11) is 0. The molecule has 4 rings (SSSR count). The molecule has 0 amide bonds. The second-order valence-corrected chi connectivity index (χ2v) is 7.03. The zero-order valence-electron chi connectivity index (χ0n) is 14.3. The highest BCUT2D eigenvalue weighted by molar-refractivity contribution is 7.98. The minimum Gasteiger partial charge on any atom is -0.423 e.